The first-order valence-electron chi connectivity index (χ1n) is 13.7. The van der Waals surface area contributed by atoms with Crippen molar-refractivity contribution in [1.29, 1.82) is 0 Å². The first-order chi connectivity index (χ1) is 19.4. The number of unbranched alkanes of at least 4 members (excludes halogenated alkanes) is 5. The summed E-state index contributed by atoms with van der Waals surface area (Å²) in [6, 6.07) is -1.18. The summed E-state index contributed by atoms with van der Waals surface area (Å²) in [7, 11) is 2.53. The van der Waals surface area contributed by atoms with Crippen molar-refractivity contribution in [2.45, 2.75) is 96.9 Å². The molecule has 0 radical (unpaired) electrons. The zero-order chi connectivity index (χ0) is 30.7. The van der Waals surface area contributed by atoms with Gasteiger partial charge in [0.15, 0.2) is 18.5 Å². The molecule has 1 fully saturated rings. The lowest BCUT2D eigenvalue weighted by Gasteiger charge is -2.43. The molecule has 1 aromatic heterocycles. The summed E-state index contributed by atoms with van der Waals surface area (Å²) in [5.74, 6) is -2.68. The summed E-state index contributed by atoms with van der Waals surface area (Å²) in [6.07, 6.45) is 2.21. The molecule has 1 aliphatic heterocycles. The standard InChI is InChI=1S/C27H41N3O11/c1-7-8-9-10-11-12-13-37-26-21(28-14-19-24(34)29(5)27(36)30(6)25(19)35)23(40-18(4)33)22(39-17(3)32)20(41-26)15-38-16(2)31/h14,20-23,26,34H,7-13,15H2,1-6H3/t20-,21-,22-,23-,26-/m1/s1. The van der Waals surface area contributed by atoms with Crippen LogP contribution in [0.4, 0.5) is 0 Å². The summed E-state index contributed by atoms with van der Waals surface area (Å²) >= 11 is 0. The van der Waals surface area contributed by atoms with Crippen molar-refractivity contribution in [3.8, 4) is 5.88 Å². The Bertz CT molecular complexity index is 1210. The highest BCUT2D eigenvalue weighted by Crippen LogP contribution is 2.30. The fourth-order valence-electron chi connectivity index (χ4n) is 4.40. The Labute approximate surface area is 238 Å². The molecule has 1 aromatic rings. The molecule has 2 heterocycles. The predicted octanol–water partition coefficient (Wildman–Crippen LogP) is 1.11. The van der Waals surface area contributed by atoms with Gasteiger partial charge in [-0.15, -0.1) is 0 Å². The quantitative estimate of drug-likeness (QED) is 0.144. The van der Waals surface area contributed by atoms with Crippen LogP contribution in [-0.2, 0) is 52.2 Å². The molecule has 0 aliphatic carbocycles. The van der Waals surface area contributed by atoms with E-state index >= 15 is 0 Å². The number of hydrogen-bond donors (Lipinski definition) is 1. The van der Waals surface area contributed by atoms with E-state index in [1.165, 1.54) is 21.0 Å². The average Bonchev–Trinajstić information content (AvgIpc) is 2.91. The summed E-state index contributed by atoms with van der Waals surface area (Å²) in [6.45, 7) is 5.56. The van der Waals surface area contributed by atoms with Crippen LogP contribution in [0.3, 0.4) is 0 Å². The predicted molar refractivity (Wildman–Crippen MR) is 146 cm³/mol. The number of rotatable bonds is 14. The maximum absolute atomic E-state index is 12.7. The van der Waals surface area contributed by atoms with E-state index in [4.69, 9.17) is 23.7 Å². The Morgan fingerprint density at radius 2 is 1.54 bits per heavy atom. The number of nitrogens with zero attached hydrogens (tertiary/aromatic N) is 3. The first-order valence-corrected chi connectivity index (χ1v) is 13.7. The smallest absolute Gasteiger partial charge is 0.333 e. The van der Waals surface area contributed by atoms with Gasteiger partial charge in [0.05, 0.1) is 0 Å². The zero-order valence-corrected chi connectivity index (χ0v) is 24.5. The van der Waals surface area contributed by atoms with E-state index in [1.54, 1.807) is 0 Å². The van der Waals surface area contributed by atoms with Crippen LogP contribution in [0.25, 0.3) is 0 Å². The summed E-state index contributed by atoms with van der Waals surface area (Å²) in [5, 5.41) is 10.5. The molecule has 1 N–H and O–H groups in total. The lowest BCUT2D eigenvalue weighted by atomic mass is 9.96. The van der Waals surface area contributed by atoms with Gasteiger partial charge in [0.2, 0.25) is 5.88 Å². The Morgan fingerprint density at radius 1 is 0.927 bits per heavy atom. The van der Waals surface area contributed by atoms with E-state index in [0.29, 0.717) is 6.42 Å². The van der Waals surface area contributed by atoms with Crippen LogP contribution >= 0.6 is 0 Å². The SMILES string of the molecule is CCCCCCCCO[C@@H]1O[C@H](COC(C)=O)[C@@H](OC(C)=O)[C@H](OC(C)=O)[C@H]1N=Cc1c(O)n(C)c(=O)n(C)c1=O. The van der Waals surface area contributed by atoms with Gasteiger partial charge in [-0.25, -0.2) is 4.79 Å². The molecule has 5 atom stereocenters. The molecule has 0 amide bonds. The zero-order valence-electron chi connectivity index (χ0n) is 24.5. The topological polar surface area (TPSA) is 174 Å². The highest BCUT2D eigenvalue weighted by atomic mass is 16.7. The van der Waals surface area contributed by atoms with Gasteiger partial charge in [-0.2, -0.15) is 0 Å². The minimum atomic E-state index is -1.28. The number of carbonyl (C=O) groups excluding carboxylic acids is 3. The van der Waals surface area contributed by atoms with Crippen LogP contribution in [-0.4, -0.2) is 82.2 Å². The minimum absolute atomic E-state index is 0.251. The molecule has 41 heavy (non-hydrogen) atoms. The number of aromatic nitrogens is 2. The van der Waals surface area contributed by atoms with E-state index in [2.05, 4.69) is 11.9 Å². The van der Waals surface area contributed by atoms with E-state index in [-0.39, 0.29) is 18.8 Å². The fraction of sp³-hybridized carbons (Fsp3) is 0.704. The second-order valence-electron chi connectivity index (χ2n) is 9.84. The lowest BCUT2D eigenvalue weighted by molar-refractivity contribution is -0.273. The van der Waals surface area contributed by atoms with Crippen LogP contribution < -0.4 is 11.2 Å². The first kappa shape index (κ1) is 33.7. The molecule has 0 saturated carbocycles. The van der Waals surface area contributed by atoms with Crippen molar-refractivity contribution in [2.75, 3.05) is 13.2 Å². The van der Waals surface area contributed by atoms with Gasteiger partial charge in [-0.05, 0) is 6.42 Å². The second kappa shape index (κ2) is 16.1. The molecule has 2 rings (SSSR count). The van der Waals surface area contributed by atoms with Gasteiger partial charge in [0, 0.05) is 47.7 Å². The van der Waals surface area contributed by atoms with Crippen molar-refractivity contribution in [1.82, 2.24) is 9.13 Å². The normalized spacial score (nSPS) is 22.4. The third-order valence-corrected chi connectivity index (χ3v) is 6.49. The Balaban J connectivity index is 2.50. The monoisotopic (exact) mass is 583 g/mol. The molecule has 0 aromatic carbocycles. The number of ether oxygens (including phenoxy) is 5. The minimum Gasteiger partial charge on any atom is -0.494 e. The van der Waals surface area contributed by atoms with Crippen molar-refractivity contribution in [3.05, 3.63) is 26.4 Å². The maximum Gasteiger partial charge on any atom is 0.333 e. The third-order valence-electron chi connectivity index (χ3n) is 6.49. The highest BCUT2D eigenvalue weighted by Gasteiger charge is 2.51. The number of hydrogen-bond acceptors (Lipinski definition) is 12. The molecular weight excluding hydrogens is 542 g/mol. The average molecular weight is 584 g/mol. The van der Waals surface area contributed by atoms with Gasteiger partial charge >= 0.3 is 23.6 Å². The maximum atomic E-state index is 12.7. The number of carbonyl (C=O) groups is 3. The molecule has 1 saturated heterocycles. The van der Waals surface area contributed by atoms with Crippen molar-refractivity contribution >= 4 is 24.1 Å². The van der Waals surface area contributed by atoms with E-state index in [9.17, 15) is 29.1 Å². The van der Waals surface area contributed by atoms with Gasteiger partial charge < -0.3 is 28.8 Å². The molecule has 230 valence electrons. The van der Waals surface area contributed by atoms with Crippen LogP contribution in [0.1, 0.15) is 71.8 Å². The Hall–Kier alpha value is -3.52. The van der Waals surface area contributed by atoms with E-state index in [1.807, 2.05) is 0 Å². The van der Waals surface area contributed by atoms with Crippen molar-refractivity contribution in [2.24, 2.45) is 19.1 Å². The number of aromatic hydroxyl groups is 1. The summed E-state index contributed by atoms with van der Waals surface area (Å²) in [5.41, 5.74) is -1.87. The fourth-order valence-corrected chi connectivity index (χ4v) is 4.40. The number of esters is 3. The van der Waals surface area contributed by atoms with Crippen molar-refractivity contribution < 1.29 is 43.2 Å². The molecule has 14 heteroatoms. The lowest BCUT2D eigenvalue weighted by Crippen LogP contribution is -2.61. The van der Waals surface area contributed by atoms with Gasteiger partial charge in [-0.1, -0.05) is 39.0 Å². The highest BCUT2D eigenvalue weighted by molar-refractivity contribution is 5.82. The summed E-state index contributed by atoms with van der Waals surface area (Å²) < 4.78 is 29.8. The van der Waals surface area contributed by atoms with Gasteiger partial charge in [0.1, 0.15) is 24.3 Å². The summed E-state index contributed by atoms with van der Waals surface area (Å²) in [4.78, 5) is 65.0. The largest absolute Gasteiger partial charge is 0.494 e. The van der Waals surface area contributed by atoms with E-state index in [0.717, 1.165) is 61.3 Å². The Kier molecular flexibility index (Phi) is 13.2. The van der Waals surface area contributed by atoms with Gasteiger partial charge in [-0.3, -0.25) is 33.3 Å². The Morgan fingerprint density at radius 3 is 2.15 bits per heavy atom. The molecular formula is C27H41N3O11. The van der Waals surface area contributed by atoms with Crippen molar-refractivity contribution in [3.63, 3.8) is 0 Å². The van der Waals surface area contributed by atoms with Crippen LogP contribution in [0.15, 0.2) is 14.6 Å². The molecule has 0 unspecified atom stereocenters. The second-order valence-corrected chi connectivity index (χ2v) is 9.84. The van der Waals surface area contributed by atoms with Crippen LogP contribution in [0, 0.1) is 0 Å². The van der Waals surface area contributed by atoms with E-state index < -0.39 is 65.7 Å². The number of aliphatic imine (C=N–C) groups is 1. The van der Waals surface area contributed by atoms with Gasteiger partial charge in [0.25, 0.3) is 5.56 Å². The molecule has 0 spiro atoms. The molecule has 0 bridgehead atoms. The third kappa shape index (κ3) is 9.52. The molecule has 1 aliphatic rings. The van der Waals surface area contributed by atoms with Crippen LogP contribution in [0.5, 0.6) is 5.88 Å². The molecule has 14 nitrogen and oxygen atoms in total. The van der Waals surface area contributed by atoms with Crippen LogP contribution in [0.2, 0.25) is 0 Å².